The van der Waals surface area contributed by atoms with Crippen LogP contribution in [0.3, 0.4) is 0 Å². The quantitative estimate of drug-likeness (QED) is 0.796. The Hall–Kier alpha value is -1.99. The number of halogens is 1. The van der Waals surface area contributed by atoms with Gasteiger partial charge >= 0.3 is 5.97 Å². The van der Waals surface area contributed by atoms with Gasteiger partial charge < -0.3 is 5.11 Å². The van der Waals surface area contributed by atoms with Gasteiger partial charge in [-0.05, 0) is 17.7 Å². The fraction of sp³-hybridized carbons (Fsp3) is 0.0714. The minimum atomic E-state index is -0.952. The number of carbonyl (C=O) groups excluding carboxylic acids is 1. The molecule has 2 rings (SSSR count). The number of aromatic nitrogens is 1. The van der Waals surface area contributed by atoms with Crippen LogP contribution in [0.2, 0.25) is 0 Å². The third-order valence-corrected chi connectivity index (χ3v) is 3.96. The van der Waals surface area contributed by atoms with Crippen molar-refractivity contribution in [2.24, 2.45) is 0 Å². The molecular formula is C14H11BrN2O3S. The Morgan fingerprint density at radius 3 is 2.86 bits per heavy atom. The molecule has 0 aliphatic rings. The van der Waals surface area contributed by atoms with Crippen molar-refractivity contribution in [3.8, 4) is 0 Å². The Morgan fingerprint density at radius 1 is 1.38 bits per heavy atom. The molecule has 0 unspecified atom stereocenters. The molecule has 5 nitrogen and oxygen atoms in total. The minimum Gasteiger partial charge on any atom is -0.481 e. The second kappa shape index (κ2) is 7.14. The lowest BCUT2D eigenvalue weighted by atomic mass is 10.2. The van der Waals surface area contributed by atoms with Crippen LogP contribution < -0.4 is 5.32 Å². The molecule has 0 aliphatic carbocycles. The van der Waals surface area contributed by atoms with Crippen molar-refractivity contribution in [3.05, 3.63) is 51.5 Å². The Kier molecular flexibility index (Phi) is 5.24. The summed E-state index contributed by atoms with van der Waals surface area (Å²) in [5, 5.41) is 13.2. The number of aliphatic carboxylic acids is 1. The molecule has 108 valence electrons. The Morgan fingerprint density at radius 2 is 2.14 bits per heavy atom. The summed E-state index contributed by atoms with van der Waals surface area (Å²) in [6.45, 7) is 0. The van der Waals surface area contributed by atoms with Crippen LogP contribution in [0.25, 0.3) is 6.08 Å². The third kappa shape index (κ3) is 4.80. The van der Waals surface area contributed by atoms with E-state index in [0.717, 1.165) is 10.0 Å². The maximum absolute atomic E-state index is 11.8. The molecule has 0 atom stereocenters. The molecule has 1 heterocycles. The van der Waals surface area contributed by atoms with Crippen molar-refractivity contribution >= 4 is 50.4 Å². The van der Waals surface area contributed by atoms with Crippen molar-refractivity contribution in [1.82, 2.24) is 4.98 Å². The van der Waals surface area contributed by atoms with Gasteiger partial charge in [0, 0.05) is 15.9 Å². The van der Waals surface area contributed by atoms with Crippen molar-refractivity contribution < 1.29 is 14.7 Å². The maximum atomic E-state index is 11.8. The molecule has 0 aliphatic heterocycles. The normalized spacial score (nSPS) is 10.7. The van der Waals surface area contributed by atoms with E-state index < -0.39 is 5.97 Å². The molecule has 7 heteroatoms. The third-order valence-electron chi connectivity index (χ3n) is 2.43. The van der Waals surface area contributed by atoms with E-state index in [1.165, 1.54) is 17.4 Å². The average molecular weight is 367 g/mol. The summed E-state index contributed by atoms with van der Waals surface area (Å²) in [5.74, 6) is -1.27. The summed E-state index contributed by atoms with van der Waals surface area (Å²) in [5.41, 5.74) is 1.32. The summed E-state index contributed by atoms with van der Waals surface area (Å²) < 4.78 is 0.895. The molecule has 0 bridgehead atoms. The average Bonchev–Trinajstić information content (AvgIpc) is 2.84. The molecule has 1 aromatic carbocycles. The highest BCUT2D eigenvalue weighted by Gasteiger charge is 2.07. The Bertz CT molecular complexity index is 697. The van der Waals surface area contributed by atoms with E-state index >= 15 is 0 Å². The molecule has 21 heavy (non-hydrogen) atoms. The summed E-state index contributed by atoms with van der Waals surface area (Å²) in [4.78, 5) is 26.3. The Balaban J connectivity index is 1.97. The molecule has 0 fully saturated rings. The number of rotatable bonds is 5. The molecular weight excluding hydrogens is 356 g/mol. The van der Waals surface area contributed by atoms with Crippen LogP contribution in [-0.2, 0) is 16.0 Å². The van der Waals surface area contributed by atoms with Gasteiger partial charge in [-0.1, -0.05) is 34.1 Å². The van der Waals surface area contributed by atoms with Gasteiger partial charge in [0.05, 0.1) is 12.1 Å². The molecule has 0 saturated heterocycles. The number of anilines is 1. The first-order valence-corrected chi connectivity index (χ1v) is 7.61. The first kappa shape index (κ1) is 15.4. The summed E-state index contributed by atoms with van der Waals surface area (Å²) in [6.07, 6.45) is 2.93. The number of hydrogen-bond donors (Lipinski definition) is 2. The number of thiazole rings is 1. The molecule has 0 radical (unpaired) electrons. The maximum Gasteiger partial charge on any atom is 0.309 e. The van der Waals surface area contributed by atoms with Crippen molar-refractivity contribution in [3.63, 3.8) is 0 Å². The van der Waals surface area contributed by atoms with Crippen LogP contribution in [0.1, 0.15) is 11.3 Å². The zero-order chi connectivity index (χ0) is 15.2. The highest BCUT2D eigenvalue weighted by molar-refractivity contribution is 9.10. The smallest absolute Gasteiger partial charge is 0.309 e. The fourth-order valence-corrected chi connectivity index (χ4v) is 2.65. The van der Waals surface area contributed by atoms with Crippen LogP contribution >= 0.6 is 27.3 Å². The number of carboxylic acids is 1. The number of hydrogen-bond acceptors (Lipinski definition) is 4. The molecule has 2 aromatic rings. The summed E-state index contributed by atoms with van der Waals surface area (Å²) in [6, 6.07) is 7.53. The van der Waals surface area contributed by atoms with Crippen molar-refractivity contribution in [2.45, 2.75) is 6.42 Å². The number of carbonyl (C=O) groups is 2. The zero-order valence-electron chi connectivity index (χ0n) is 10.7. The van der Waals surface area contributed by atoms with Gasteiger partial charge in [-0.15, -0.1) is 11.3 Å². The molecule has 1 aromatic heterocycles. The second-order valence-corrected chi connectivity index (χ2v) is 5.77. The SMILES string of the molecule is O=C(O)Cc1csc(NC(=O)/C=C/c2ccccc2Br)n1. The zero-order valence-corrected chi connectivity index (χ0v) is 13.1. The Labute approximate surface area is 133 Å². The lowest BCUT2D eigenvalue weighted by molar-refractivity contribution is -0.136. The highest BCUT2D eigenvalue weighted by Crippen LogP contribution is 2.18. The molecule has 0 saturated carbocycles. The number of carboxylic acid groups (broad SMARTS) is 1. The topological polar surface area (TPSA) is 79.3 Å². The van der Waals surface area contributed by atoms with Gasteiger partial charge in [-0.25, -0.2) is 4.98 Å². The van der Waals surface area contributed by atoms with Crippen LogP contribution in [0.15, 0.2) is 40.2 Å². The van der Waals surface area contributed by atoms with Crippen molar-refractivity contribution in [1.29, 1.82) is 0 Å². The second-order valence-electron chi connectivity index (χ2n) is 4.06. The summed E-state index contributed by atoms with van der Waals surface area (Å²) >= 11 is 4.59. The first-order chi connectivity index (χ1) is 10.0. The minimum absolute atomic E-state index is 0.154. The number of nitrogens with zero attached hydrogens (tertiary/aromatic N) is 1. The molecule has 2 N–H and O–H groups in total. The van der Waals surface area contributed by atoms with E-state index in [1.54, 1.807) is 11.5 Å². The first-order valence-electron chi connectivity index (χ1n) is 5.94. The van der Waals surface area contributed by atoms with Gasteiger partial charge in [-0.3, -0.25) is 14.9 Å². The lowest BCUT2D eigenvalue weighted by Crippen LogP contribution is -2.08. The van der Waals surface area contributed by atoms with Gasteiger partial charge in [0.15, 0.2) is 5.13 Å². The van der Waals surface area contributed by atoms with E-state index in [1.807, 2.05) is 24.3 Å². The summed E-state index contributed by atoms with van der Waals surface area (Å²) in [7, 11) is 0. The van der Waals surface area contributed by atoms with Crippen LogP contribution in [0, 0.1) is 0 Å². The van der Waals surface area contributed by atoms with E-state index in [-0.39, 0.29) is 12.3 Å². The lowest BCUT2D eigenvalue weighted by Gasteiger charge is -1.98. The fourth-order valence-electron chi connectivity index (χ4n) is 1.52. The van der Waals surface area contributed by atoms with E-state index in [4.69, 9.17) is 5.11 Å². The van der Waals surface area contributed by atoms with Gasteiger partial charge in [0.1, 0.15) is 0 Å². The van der Waals surface area contributed by atoms with Crippen LogP contribution in [0.5, 0.6) is 0 Å². The predicted octanol–water partition coefficient (Wildman–Crippen LogP) is 3.18. The number of benzene rings is 1. The standard InChI is InChI=1S/C14H11BrN2O3S/c15-11-4-2-1-3-9(11)5-6-12(18)17-14-16-10(8-21-14)7-13(19)20/h1-6,8H,7H2,(H,19,20)(H,16,17,18)/b6-5+. The number of amides is 1. The molecule has 0 spiro atoms. The van der Waals surface area contributed by atoms with Crippen LogP contribution in [-0.4, -0.2) is 22.0 Å². The monoisotopic (exact) mass is 366 g/mol. The van der Waals surface area contributed by atoms with Gasteiger partial charge in [0.25, 0.3) is 0 Å². The van der Waals surface area contributed by atoms with E-state index in [9.17, 15) is 9.59 Å². The van der Waals surface area contributed by atoms with Gasteiger partial charge in [-0.2, -0.15) is 0 Å². The molecule has 1 amide bonds. The largest absolute Gasteiger partial charge is 0.481 e. The van der Waals surface area contributed by atoms with Gasteiger partial charge in [0.2, 0.25) is 5.91 Å². The van der Waals surface area contributed by atoms with E-state index in [0.29, 0.717) is 10.8 Å². The highest BCUT2D eigenvalue weighted by atomic mass is 79.9. The van der Waals surface area contributed by atoms with E-state index in [2.05, 4.69) is 26.2 Å². The number of nitrogens with one attached hydrogen (secondary N) is 1. The van der Waals surface area contributed by atoms with Crippen LogP contribution in [0.4, 0.5) is 5.13 Å². The predicted molar refractivity (Wildman–Crippen MR) is 85.3 cm³/mol. The van der Waals surface area contributed by atoms with Crippen molar-refractivity contribution in [2.75, 3.05) is 5.32 Å².